The van der Waals surface area contributed by atoms with Crippen LogP contribution in [0.4, 0.5) is 5.69 Å². The van der Waals surface area contributed by atoms with Gasteiger partial charge in [0.1, 0.15) is 5.69 Å². The van der Waals surface area contributed by atoms with Gasteiger partial charge in [-0.25, -0.2) is 0 Å². The highest BCUT2D eigenvalue weighted by Gasteiger charge is 2.13. The molecule has 24 heavy (non-hydrogen) atoms. The molecule has 2 aromatic carbocycles. The summed E-state index contributed by atoms with van der Waals surface area (Å²) in [7, 11) is 0. The van der Waals surface area contributed by atoms with Gasteiger partial charge in [-0.15, -0.1) is 0 Å². The van der Waals surface area contributed by atoms with Gasteiger partial charge in [0.05, 0.1) is 10.7 Å². The summed E-state index contributed by atoms with van der Waals surface area (Å²) >= 11 is 6.13. The minimum absolute atomic E-state index is 0.273. The van der Waals surface area contributed by atoms with Crippen molar-refractivity contribution < 1.29 is 9.59 Å². The second-order valence-electron chi connectivity index (χ2n) is 5.05. The molecule has 0 unspecified atom stereocenters. The summed E-state index contributed by atoms with van der Waals surface area (Å²) in [6.07, 6.45) is 0. The van der Waals surface area contributed by atoms with Crippen LogP contribution in [0.2, 0.25) is 5.02 Å². The van der Waals surface area contributed by atoms with Gasteiger partial charge >= 0.3 is 0 Å². The molecule has 7 heteroatoms. The van der Waals surface area contributed by atoms with E-state index in [-0.39, 0.29) is 11.6 Å². The van der Waals surface area contributed by atoms with Crippen molar-refractivity contribution in [2.24, 2.45) is 5.73 Å². The molecule has 0 atom stereocenters. The van der Waals surface area contributed by atoms with E-state index in [0.717, 1.165) is 5.56 Å². The number of nitrogens with one attached hydrogen (secondary N) is 2. The van der Waals surface area contributed by atoms with E-state index in [1.807, 2.05) is 18.2 Å². The molecule has 6 nitrogen and oxygen atoms in total. The van der Waals surface area contributed by atoms with E-state index in [0.29, 0.717) is 22.0 Å². The van der Waals surface area contributed by atoms with E-state index < -0.39 is 5.91 Å². The Bertz CT molecular complexity index is 920. The van der Waals surface area contributed by atoms with Gasteiger partial charge in [0.2, 0.25) is 5.91 Å². The normalized spacial score (nSPS) is 10.4. The van der Waals surface area contributed by atoms with Gasteiger partial charge < -0.3 is 11.1 Å². The lowest BCUT2D eigenvalue weighted by atomic mass is 10.1. The molecule has 0 saturated heterocycles. The topological polar surface area (TPSA) is 101 Å². The molecule has 120 valence electrons. The Morgan fingerprint density at radius 3 is 2.62 bits per heavy atom. The monoisotopic (exact) mass is 340 g/mol. The summed E-state index contributed by atoms with van der Waals surface area (Å²) in [4.78, 5) is 23.5. The van der Waals surface area contributed by atoms with E-state index in [1.165, 1.54) is 6.07 Å². The fourth-order valence-electron chi connectivity index (χ4n) is 2.19. The van der Waals surface area contributed by atoms with Gasteiger partial charge in [-0.2, -0.15) is 5.10 Å². The van der Waals surface area contributed by atoms with Gasteiger partial charge in [-0.1, -0.05) is 35.9 Å². The Balaban J connectivity index is 1.81. The van der Waals surface area contributed by atoms with Crippen molar-refractivity contribution in [1.82, 2.24) is 10.2 Å². The predicted molar refractivity (Wildman–Crippen MR) is 91.9 cm³/mol. The number of anilines is 1. The summed E-state index contributed by atoms with van der Waals surface area (Å²) in [5.74, 6) is -0.948. The Labute approximate surface area is 142 Å². The zero-order valence-electron chi connectivity index (χ0n) is 12.4. The lowest BCUT2D eigenvalue weighted by molar-refractivity contribution is 0.0995. The zero-order valence-corrected chi connectivity index (χ0v) is 13.2. The third-order valence-corrected chi connectivity index (χ3v) is 3.71. The maximum absolute atomic E-state index is 12.3. The first-order valence-electron chi connectivity index (χ1n) is 7.06. The Kier molecular flexibility index (Phi) is 4.31. The lowest BCUT2D eigenvalue weighted by Gasteiger charge is -2.04. The molecule has 0 bridgehead atoms. The van der Waals surface area contributed by atoms with Crippen molar-refractivity contribution in [3.8, 4) is 11.3 Å². The molecule has 0 fully saturated rings. The van der Waals surface area contributed by atoms with Crippen molar-refractivity contribution in [1.29, 1.82) is 0 Å². The maximum atomic E-state index is 12.3. The van der Waals surface area contributed by atoms with Crippen LogP contribution in [0.3, 0.4) is 0 Å². The van der Waals surface area contributed by atoms with Crippen molar-refractivity contribution >= 4 is 29.1 Å². The van der Waals surface area contributed by atoms with Crippen LogP contribution in [0.1, 0.15) is 20.8 Å². The summed E-state index contributed by atoms with van der Waals surface area (Å²) in [6.45, 7) is 0. The number of nitrogens with two attached hydrogens (primary N) is 1. The molecule has 0 aliphatic heterocycles. The van der Waals surface area contributed by atoms with Crippen molar-refractivity contribution in [3.05, 3.63) is 70.9 Å². The third kappa shape index (κ3) is 3.28. The minimum atomic E-state index is -0.561. The van der Waals surface area contributed by atoms with Gasteiger partial charge in [0.25, 0.3) is 5.91 Å². The molecule has 0 radical (unpaired) electrons. The molecule has 3 aromatic rings. The van der Waals surface area contributed by atoms with Crippen molar-refractivity contribution in [3.63, 3.8) is 0 Å². The van der Waals surface area contributed by atoms with E-state index in [9.17, 15) is 9.59 Å². The Hall–Kier alpha value is -3.12. The molecule has 0 saturated carbocycles. The van der Waals surface area contributed by atoms with Gasteiger partial charge in [0.15, 0.2) is 0 Å². The van der Waals surface area contributed by atoms with Crippen LogP contribution >= 0.6 is 11.6 Å². The molecule has 4 N–H and O–H groups in total. The smallest absolute Gasteiger partial charge is 0.273 e. The first-order chi connectivity index (χ1) is 11.5. The number of carbonyl (C=O) groups is 2. The number of aromatic nitrogens is 2. The average Bonchev–Trinajstić information content (AvgIpc) is 3.05. The number of carbonyl (C=O) groups excluding carboxylic acids is 2. The number of aromatic amines is 1. The second-order valence-corrected chi connectivity index (χ2v) is 5.45. The van der Waals surface area contributed by atoms with E-state index >= 15 is 0 Å². The fourth-order valence-corrected chi connectivity index (χ4v) is 2.43. The first-order valence-corrected chi connectivity index (χ1v) is 7.44. The van der Waals surface area contributed by atoms with E-state index in [4.69, 9.17) is 17.3 Å². The number of hydrogen-bond acceptors (Lipinski definition) is 3. The fraction of sp³-hybridized carbons (Fsp3) is 0. The number of primary amides is 1. The highest BCUT2D eigenvalue weighted by Crippen LogP contribution is 2.26. The number of amides is 2. The third-order valence-electron chi connectivity index (χ3n) is 3.38. The standard InChI is InChI=1S/C17H13ClN4O2/c18-13-7-2-1-6-12(13)14-9-15(22-21-14)17(24)20-11-5-3-4-10(8-11)16(19)23/h1-9H,(H2,19,23)(H,20,24)(H,21,22). The Morgan fingerprint density at radius 2 is 1.88 bits per heavy atom. The van der Waals surface area contributed by atoms with Crippen LogP contribution in [-0.4, -0.2) is 22.0 Å². The average molecular weight is 341 g/mol. The quantitative estimate of drug-likeness (QED) is 0.680. The predicted octanol–water partition coefficient (Wildman–Crippen LogP) is 3.08. The number of nitrogens with zero attached hydrogens (tertiary/aromatic N) is 1. The molecular weight excluding hydrogens is 328 g/mol. The van der Waals surface area contributed by atoms with Gasteiger partial charge in [-0.3, -0.25) is 14.7 Å². The van der Waals surface area contributed by atoms with Gasteiger partial charge in [-0.05, 0) is 30.3 Å². The van der Waals surface area contributed by atoms with Crippen molar-refractivity contribution in [2.75, 3.05) is 5.32 Å². The Morgan fingerprint density at radius 1 is 1.08 bits per heavy atom. The number of benzene rings is 2. The van der Waals surface area contributed by atoms with Crippen molar-refractivity contribution in [2.45, 2.75) is 0 Å². The summed E-state index contributed by atoms with van der Waals surface area (Å²) in [5.41, 5.74) is 7.57. The van der Waals surface area contributed by atoms with Crippen LogP contribution in [0.25, 0.3) is 11.3 Å². The molecule has 0 spiro atoms. The summed E-state index contributed by atoms with van der Waals surface area (Å²) in [5, 5.41) is 10.0. The molecule has 2 amide bonds. The summed E-state index contributed by atoms with van der Waals surface area (Å²) < 4.78 is 0. The van der Waals surface area contributed by atoms with Crippen LogP contribution < -0.4 is 11.1 Å². The first kappa shape index (κ1) is 15.8. The highest BCUT2D eigenvalue weighted by atomic mass is 35.5. The van der Waals surface area contributed by atoms with Crippen LogP contribution in [0.5, 0.6) is 0 Å². The van der Waals surface area contributed by atoms with Gasteiger partial charge in [0, 0.05) is 16.8 Å². The largest absolute Gasteiger partial charge is 0.366 e. The van der Waals surface area contributed by atoms with Crippen LogP contribution in [-0.2, 0) is 0 Å². The molecule has 3 rings (SSSR count). The van der Waals surface area contributed by atoms with Crippen LogP contribution in [0.15, 0.2) is 54.6 Å². The maximum Gasteiger partial charge on any atom is 0.273 e. The molecule has 1 aromatic heterocycles. The molecule has 1 heterocycles. The SMILES string of the molecule is NC(=O)c1cccc(NC(=O)c2cc(-c3ccccc3Cl)n[nH]2)c1. The molecule has 0 aliphatic carbocycles. The lowest BCUT2D eigenvalue weighted by Crippen LogP contribution is -2.14. The highest BCUT2D eigenvalue weighted by molar-refractivity contribution is 6.33. The number of halogens is 1. The molecular formula is C17H13ClN4O2. The van der Waals surface area contributed by atoms with Crippen LogP contribution in [0, 0.1) is 0 Å². The van der Waals surface area contributed by atoms with E-state index in [2.05, 4.69) is 15.5 Å². The van der Waals surface area contributed by atoms with E-state index in [1.54, 1.807) is 30.3 Å². The number of rotatable bonds is 4. The number of hydrogen-bond donors (Lipinski definition) is 3. The second kappa shape index (κ2) is 6.55. The minimum Gasteiger partial charge on any atom is -0.366 e. The molecule has 0 aliphatic rings. The zero-order chi connectivity index (χ0) is 17.1. The number of H-pyrrole nitrogens is 1. The summed E-state index contributed by atoms with van der Waals surface area (Å²) in [6, 6.07) is 15.2.